The summed E-state index contributed by atoms with van der Waals surface area (Å²) >= 11 is 0. The SMILES string of the molecule is C#CCNC1CC(=O)N(C(CC)CC)C1=O. The lowest BCUT2D eigenvalue weighted by Crippen LogP contribution is -2.43. The fourth-order valence-electron chi connectivity index (χ4n) is 2.03. The van der Waals surface area contributed by atoms with Crippen molar-refractivity contribution in [1.29, 1.82) is 0 Å². The molecule has 1 unspecified atom stereocenters. The van der Waals surface area contributed by atoms with E-state index in [4.69, 9.17) is 6.42 Å². The minimum atomic E-state index is -0.427. The van der Waals surface area contributed by atoms with Gasteiger partial charge >= 0.3 is 0 Å². The van der Waals surface area contributed by atoms with Crippen LogP contribution in [0.25, 0.3) is 0 Å². The molecule has 0 saturated carbocycles. The molecule has 1 atom stereocenters. The summed E-state index contributed by atoms with van der Waals surface area (Å²) in [5, 5.41) is 2.90. The average molecular weight is 222 g/mol. The van der Waals surface area contributed by atoms with Gasteiger partial charge in [0.25, 0.3) is 0 Å². The maximum Gasteiger partial charge on any atom is 0.247 e. The molecule has 1 saturated heterocycles. The third-order valence-corrected chi connectivity index (χ3v) is 2.94. The zero-order valence-electron chi connectivity index (χ0n) is 9.82. The van der Waals surface area contributed by atoms with Gasteiger partial charge in [0.1, 0.15) is 0 Å². The van der Waals surface area contributed by atoms with Crippen LogP contribution in [0.2, 0.25) is 0 Å². The molecule has 0 aliphatic carbocycles. The third-order valence-electron chi connectivity index (χ3n) is 2.94. The normalized spacial score (nSPS) is 20.6. The Hall–Kier alpha value is -1.34. The third kappa shape index (κ3) is 2.42. The summed E-state index contributed by atoms with van der Waals surface area (Å²) in [6.45, 7) is 4.29. The van der Waals surface area contributed by atoms with Crippen LogP contribution in [0.3, 0.4) is 0 Å². The summed E-state index contributed by atoms with van der Waals surface area (Å²) < 4.78 is 0. The first-order valence-corrected chi connectivity index (χ1v) is 5.68. The van der Waals surface area contributed by atoms with Gasteiger partial charge in [0.15, 0.2) is 0 Å². The zero-order chi connectivity index (χ0) is 12.1. The van der Waals surface area contributed by atoms with Crippen LogP contribution < -0.4 is 5.32 Å². The van der Waals surface area contributed by atoms with E-state index in [1.807, 2.05) is 13.8 Å². The van der Waals surface area contributed by atoms with Crippen LogP contribution in [0.5, 0.6) is 0 Å². The molecule has 16 heavy (non-hydrogen) atoms. The Morgan fingerprint density at radius 2 is 2.12 bits per heavy atom. The summed E-state index contributed by atoms with van der Waals surface area (Å²) in [5.41, 5.74) is 0. The van der Waals surface area contributed by atoms with Crippen LogP contribution in [-0.2, 0) is 9.59 Å². The summed E-state index contributed by atoms with van der Waals surface area (Å²) in [6, 6.07) is -0.401. The number of carbonyl (C=O) groups is 2. The lowest BCUT2D eigenvalue weighted by atomic mass is 10.1. The lowest BCUT2D eigenvalue weighted by Gasteiger charge is -2.24. The number of amides is 2. The summed E-state index contributed by atoms with van der Waals surface area (Å²) in [7, 11) is 0. The highest BCUT2D eigenvalue weighted by atomic mass is 16.2. The Morgan fingerprint density at radius 3 is 2.62 bits per heavy atom. The molecule has 2 amide bonds. The maximum atomic E-state index is 12.0. The second-order valence-corrected chi connectivity index (χ2v) is 3.91. The summed E-state index contributed by atoms with van der Waals surface area (Å²) in [4.78, 5) is 25.1. The minimum absolute atomic E-state index is 0.0256. The minimum Gasteiger partial charge on any atom is -0.295 e. The van der Waals surface area contributed by atoms with Crippen LogP contribution in [0, 0.1) is 12.3 Å². The highest BCUT2D eigenvalue weighted by molar-refractivity contribution is 6.05. The van der Waals surface area contributed by atoms with Gasteiger partial charge < -0.3 is 0 Å². The van der Waals surface area contributed by atoms with Crippen molar-refractivity contribution in [2.45, 2.75) is 45.2 Å². The Kier molecular flexibility index (Phi) is 4.51. The van der Waals surface area contributed by atoms with Crippen LogP contribution in [0.4, 0.5) is 0 Å². The van der Waals surface area contributed by atoms with Gasteiger partial charge in [-0.15, -0.1) is 6.42 Å². The maximum absolute atomic E-state index is 12.0. The first kappa shape index (κ1) is 12.7. The molecule has 1 rings (SSSR count). The summed E-state index contributed by atoms with van der Waals surface area (Å²) in [5.74, 6) is 2.19. The fourth-order valence-corrected chi connectivity index (χ4v) is 2.03. The molecule has 0 aromatic rings. The lowest BCUT2D eigenvalue weighted by molar-refractivity contribution is -0.141. The molecule has 0 aromatic carbocycles. The molecule has 4 nitrogen and oxygen atoms in total. The second kappa shape index (κ2) is 5.66. The highest BCUT2D eigenvalue weighted by Crippen LogP contribution is 2.19. The average Bonchev–Trinajstić information content (AvgIpc) is 2.55. The molecule has 0 aromatic heterocycles. The topological polar surface area (TPSA) is 49.4 Å². The first-order valence-electron chi connectivity index (χ1n) is 5.68. The van der Waals surface area contributed by atoms with E-state index >= 15 is 0 Å². The largest absolute Gasteiger partial charge is 0.295 e. The van der Waals surface area contributed by atoms with Gasteiger partial charge in [0, 0.05) is 6.04 Å². The molecule has 1 fully saturated rings. The molecule has 4 heteroatoms. The smallest absolute Gasteiger partial charge is 0.247 e. The molecular weight excluding hydrogens is 204 g/mol. The van der Waals surface area contributed by atoms with Crippen molar-refractivity contribution in [2.75, 3.05) is 6.54 Å². The standard InChI is InChI=1S/C12H18N2O2/c1-4-7-13-10-8-11(15)14(12(10)16)9(5-2)6-3/h1,9-10,13H,5-8H2,2-3H3. The van der Waals surface area contributed by atoms with Crippen molar-refractivity contribution in [3.05, 3.63) is 0 Å². The predicted octanol–water partition coefficient (Wildman–Crippen LogP) is 0.525. The Labute approximate surface area is 96.4 Å². The van der Waals surface area contributed by atoms with E-state index < -0.39 is 6.04 Å². The quantitative estimate of drug-likeness (QED) is 0.545. The predicted molar refractivity (Wildman–Crippen MR) is 61.5 cm³/mol. The van der Waals surface area contributed by atoms with Crippen LogP contribution in [0.15, 0.2) is 0 Å². The molecule has 1 heterocycles. The Morgan fingerprint density at radius 1 is 1.50 bits per heavy atom. The van der Waals surface area contributed by atoms with Crippen molar-refractivity contribution < 1.29 is 9.59 Å². The fraction of sp³-hybridized carbons (Fsp3) is 0.667. The van der Waals surface area contributed by atoms with Crippen molar-refractivity contribution in [2.24, 2.45) is 0 Å². The van der Waals surface area contributed by atoms with Crippen LogP contribution in [0.1, 0.15) is 33.1 Å². The van der Waals surface area contributed by atoms with Crippen molar-refractivity contribution in [3.8, 4) is 12.3 Å². The highest BCUT2D eigenvalue weighted by Gasteiger charge is 2.40. The van der Waals surface area contributed by atoms with E-state index in [0.29, 0.717) is 6.54 Å². The van der Waals surface area contributed by atoms with E-state index in [-0.39, 0.29) is 24.3 Å². The Bertz CT molecular complexity index is 315. The zero-order valence-corrected chi connectivity index (χ0v) is 9.82. The van der Waals surface area contributed by atoms with Gasteiger partial charge in [0.2, 0.25) is 11.8 Å². The van der Waals surface area contributed by atoms with Crippen molar-refractivity contribution in [1.82, 2.24) is 10.2 Å². The number of hydrogen-bond acceptors (Lipinski definition) is 3. The summed E-state index contributed by atoms with van der Waals surface area (Å²) in [6.07, 6.45) is 6.95. The van der Waals surface area contributed by atoms with Crippen LogP contribution in [-0.4, -0.2) is 35.3 Å². The number of carbonyl (C=O) groups excluding carboxylic acids is 2. The van der Waals surface area contributed by atoms with Gasteiger partial charge in [0.05, 0.1) is 19.0 Å². The van der Waals surface area contributed by atoms with E-state index in [0.717, 1.165) is 12.8 Å². The molecule has 1 aliphatic heterocycles. The number of hydrogen-bond donors (Lipinski definition) is 1. The van der Waals surface area contributed by atoms with Crippen molar-refractivity contribution >= 4 is 11.8 Å². The first-order chi connectivity index (χ1) is 7.65. The molecule has 0 spiro atoms. The van der Waals surface area contributed by atoms with E-state index in [2.05, 4.69) is 11.2 Å². The molecular formula is C12H18N2O2. The molecule has 88 valence electrons. The van der Waals surface area contributed by atoms with E-state index in [9.17, 15) is 9.59 Å². The molecule has 1 aliphatic rings. The number of likely N-dealkylation sites (tertiary alicyclic amines) is 1. The molecule has 1 N–H and O–H groups in total. The Balaban J connectivity index is 2.71. The number of nitrogens with zero attached hydrogens (tertiary/aromatic N) is 1. The van der Waals surface area contributed by atoms with Gasteiger partial charge in [-0.05, 0) is 12.8 Å². The monoisotopic (exact) mass is 222 g/mol. The number of nitrogens with one attached hydrogen (secondary N) is 1. The van der Waals surface area contributed by atoms with Crippen LogP contribution >= 0.6 is 0 Å². The van der Waals surface area contributed by atoms with Crippen molar-refractivity contribution in [3.63, 3.8) is 0 Å². The molecule has 0 radical (unpaired) electrons. The second-order valence-electron chi connectivity index (χ2n) is 3.91. The van der Waals surface area contributed by atoms with E-state index in [1.165, 1.54) is 4.90 Å². The number of rotatable bonds is 5. The van der Waals surface area contributed by atoms with Gasteiger partial charge in [-0.3, -0.25) is 19.8 Å². The number of imide groups is 1. The van der Waals surface area contributed by atoms with Gasteiger partial charge in [-0.2, -0.15) is 0 Å². The van der Waals surface area contributed by atoms with E-state index in [1.54, 1.807) is 0 Å². The number of terminal acetylenes is 1. The van der Waals surface area contributed by atoms with Gasteiger partial charge in [-0.1, -0.05) is 19.8 Å². The van der Waals surface area contributed by atoms with Gasteiger partial charge in [-0.25, -0.2) is 0 Å². The molecule has 0 bridgehead atoms.